The molecule has 1 saturated carbocycles. The van der Waals surface area contributed by atoms with Gasteiger partial charge in [0.2, 0.25) is 0 Å². The number of Topliss-reactive ketones (excluding diaryl/α,β-unsaturated/α-hetero) is 1. The van der Waals surface area contributed by atoms with E-state index in [1.165, 1.54) is 0 Å². The van der Waals surface area contributed by atoms with Gasteiger partial charge < -0.3 is 9.47 Å². The molecule has 1 aliphatic rings. The van der Waals surface area contributed by atoms with Crippen molar-refractivity contribution in [2.24, 2.45) is 0 Å². The lowest BCUT2D eigenvalue weighted by Crippen LogP contribution is -2.47. The Morgan fingerprint density at radius 2 is 1.93 bits per heavy atom. The van der Waals surface area contributed by atoms with Crippen molar-refractivity contribution in [1.82, 2.24) is 0 Å². The first-order valence-electron chi connectivity index (χ1n) is 5.59. The van der Waals surface area contributed by atoms with Gasteiger partial charge in [-0.15, -0.1) is 0 Å². The van der Waals surface area contributed by atoms with Crippen LogP contribution in [-0.2, 0) is 14.3 Å². The van der Waals surface area contributed by atoms with Gasteiger partial charge >= 0.3 is 0 Å². The fraction of sp³-hybridized carbons (Fsp3) is 0.917. The molecule has 3 nitrogen and oxygen atoms in total. The third-order valence-corrected chi connectivity index (χ3v) is 3.57. The van der Waals surface area contributed by atoms with Crippen LogP contribution in [0.25, 0.3) is 0 Å². The molecular formula is C12H22O3. The molecule has 0 bridgehead atoms. The van der Waals surface area contributed by atoms with Crippen LogP contribution in [0.1, 0.15) is 46.0 Å². The fourth-order valence-electron chi connectivity index (χ4n) is 1.84. The average molecular weight is 214 g/mol. The van der Waals surface area contributed by atoms with E-state index in [-0.39, 0.29) is 11.4 Å². The Morgan fingerprint density at radius 1 is 1.33 bits per heavy atom. The predicted molar refractivity (Wildman–Crippen MR) is 58.9 cm³/mol. The monoisotopic (exact) mass is 214 g/mol. The molecule has 88 valence electrons. The molecule has 0 atom stereocenters. The molecule has 0 aliphatic heterocycles. The lowest BCUT2D eigenvalue weighted by molar-refractivity contribution is -0.153. The predicted octanol–water partition coefficient (Wildman–Crippen LogP) is 2.33. The van der Waals surface area contributed by atoms with Gasteiger partial charge in [-0.05, 0) is 39.5 Å². The first kappa shape index (κ1) is 12.7. The Morgan fingerprint density at radius 3 is 2.27 bits per heavy atom. The van der Waals surface area contributed by atoms with E-state index in [1.54, 1.807) is 14.2 Å². The zero-order valence-corrected chi connectivity index (χ0v) is 10.3. The maximum atomic E-state index is 12.0. The summed E-state index contributed by atoms with van der Waals surface area (Å²) < 4.78 is 10.6. The third kappa shape index (κ3) is 2.79. The van der Waals surface area contributed by atoms with E-state index in [0.717, 1.165) is 25.7 Å². The summed E-state index contributed by atoms with van der Waals surface area (Å²) in [5.41, 5.74) is -0.668. The van der Waals surface area contributed by atoms with E-state index in [2.05, 4.69) is 0 Å². The molecule has 1 aliphatic carbocycles. The third-order valence-electron chi connectivity index (χ3n) is 3.57. The van der Waals surface area contributed by atoms with Crippen LogP contribution in [0.15, 0.2) is 0 Å². The topological polar surface area (TPSA) is 35.5 Å². The zero-order chi connectivity index (χ0) is 11.5. The molecule has 0 radical (unpaired) electrons. The highest BCUT2D eigenvalue weighted by molar-refractivity contribution is 5.88. The molecule has 0 saturated heterocycles. The Kier molecular flexibility index (Phi) is 3.90. The number of carbonyl (C=O) groups is 1. The van der Waals surface area contributed by atoms with Crippen molar-refractivity contribution < 1.29 is 14.3 Å². The number of ketones is 1. The minimum absolute atomic E-state index is 0.214. The maximum absolute atomic E-state index is 12.0. The number of ether oxygens (including phenoxy) is 2. The van der Waals surface area contributed by atoms with Crippen LogP contribution in [0.2, 0.25) is 0 Å². The van der Waals surface area contributed by atoms with E-state index < -0.39 is 5.60 Å². The first-order chi connectivity index (χ1) is 6.96. The number of carbonyl (C=O) groups excluding carboxylic acids is 1. The molecule has 1 fully saturated rings. The Labute approximate surface area is 92.1 Å². The lowest BCUT2D eigenvalue weighted by atomic mass is 9.75. The van der Waals surface area contributed by atoms with Gasteiger partial charge in [-0.3, -0.25) is 4.79 Å². The van der Waals surface area contributed by atoms with Gasteiger partial charge in [0.05, 0.1) is 5.60 Å². The van der Waals surface area contributed by atoms with Crippen LogP contribution >= 0.6 is 0 Å². The largest absolute Gasteiger partial charge is 0.379 e. The van der Waals surface area contributed by atoms with Crippen molar-refractivity contribution in [3.8, 4) is 0 Å². The highest BCUT2D eigenvalue weighted by Crippen LogP contribution is 2.37. The number of rotatable bonds is 6. The van der Waals surface area contributed by atoms with Crippen LogP contribution in [0, 0.1) is 0 Å². The number of hydrogen-bond donors (Lipinski definition) is 0. The summed E-state index contributed by atoms with van der Waals surface area (Å²) in [6.45, 7) is 4.00. The maximum Gasteiger partial charge on any atom is 0.164 e. The fourth-order valence-corrected chi connectivity index (χ4v) is 1.84. The summed E-state index contributed by atoms with van der Waals surface area (Å²) in [7, 11) is 3.32. The SMILES string of the molecule is COC(C)(C)CCC(=O)C1(OC)CCC1. The molecule has 0 heterocycles. The summed E-state index contributed by atoms with van der Waals surface area (Å²) in [5, 5.41) is 0. The van der Waals surface area contributed by atoms with Crippen molar-refractivity contribution in [2.45, 2.75) is 57.2 Å². The molecule has 0 N–H and O–H groups in total. The molecule has 0 amide bonds. The molecule has 0 unspecified atom stereocenters. The molecule has 15 heavy (non-hydrogen) atoms. The van der Waals surface area contributed by atoms with Crippen LogP contribution in [0.4, 0.5) is 0 Å². The number of hydrogen-bond acceptors (Lipinski definition) is 3. The molecule has 0 spiro atoms. The minimum Gasteiger partial charge on any atom is -0.379 e. The summed E-state index contributed by atoms with van der Waals surface area (Å²) in [6, 6.07) is 0. The lowest BCUT2D eigenvalue weighted by Gasteiger charge is -2.39. The van der Waals surface area contributed by atoms with E-state index >= 15 is 0 Å². The second-order valence-electron chi connectivity index (χ2n) is 4.94. The van der Waals surface area contributed by atoms with Crippen molar-refractivity contribution >= 4 is 5.78 Å². The van der Waals surface area contributed by atoms with Gasteiger partial charge in [0, 0.05) is 20.6 Å². The van der Waals surface area contributed by atoms with Gasteiger partial charge in [-0.25, -0.2) is 0 Å². The Balaban J connectivity index is 2.42. The van der Waals surface area contributed by atoms with Crippen LogP contribution < -0.4 is 0 Å². The molecule has 0 aromatic rings. The van der Waals surface area contributed by atoms with E-state index in [1.807, 2.05) is 13.8 Å². The second kappa shape index (κ2) is 4.62. The van der Waals surface area contributed by atoms with Crippen LogP contribution in [0.5, 0.6) is 0 Å². The highest BCUT2D eigenvalue weighted by atomic mass is 16.5. The molecule has 0 aromatic heterocycles. The molecule has 1 rings (SSSR count). The van der Waals surface area contributed by atoms with Crippen molar-refractivity contribution in [1.29, 1.82) is 0 Å². The van der Waals surface area contributed by atoms with E-state index in [9.17, 15) is 4.79 Å². The molecular weight excluding hydrogens is 192 g/mol. The van der Waals surface area contributed by atoms with Gasteiger partial charge in [-0.2, -0.15) is 0 Å². The smallest absolute Gasteiger partial charge is 0.164 e. The Hall–Kier alpha value is -0.410. The van der Waals surface area contributed by atoms with Gasteiger partial charge in [0.15, 0.2) is 5.78 Å². The summed E-state index contributed by atoms with van der Waals surface area (Å²) in [5.74, 6) is 0.237. The van der Waals surface area contributed by atoms with Gasteiger partial charge in [0.25, 0.3) is 0 Å². The van der Waals surface area contributed by atoms with E-state index in [4.69, 9.17) is 9.47 Å². The van der Waals surface area contributed by atoms with Crippen molar-refractivity contribution in [2.75, 3.05) is 14.2 Å². The quantitative estimate of drug-likeness (QED) is 0.680. The zero-order valence-electron chi connectivity index (χ0n) is 10.3. The summed E-state index contributed by atoms with van der Waals surface area (Å²) in [4.78, 5) is 12.0. The second-order valence-corrected chi connectivity index (χ2v) is 4.94. The van der Waals surface area contributed by atoms with Crippen molar-refractivity contribution in [3.63, 3.8) is 0 Å². The number of methoxy groups -OCH3 is 2. The van der Waals surface area contributed by atoms with E-state index in [0.29, 0.717) is 6.42 Å². The van der Waals surface area contributed by atoms with Gasteiger partial charge in [-0.1, -0.05) is 0 Å². The standard InChI is InChI=1S/C12H22O3/c1-11(2,14-3)9-6-10(13)12(15-4)7-5-8-12/h5-9H2,1-4H3. The molecule has 3 heteroatoms. The summed E-state index contributed by atoms with van der Waals surface area (Å²) in [6.07, 6.45) is 4.18. The van der Waals surface area contributed by atoms with Gasteiger partial charge in [0.1, 0.15) is 5.60 Å². The molecule has 0 aromatic carbocycles. The summed E-state index contributed by atoms with van der Waals surface area (Å²) >= 11 is 0. The normalized spacial score (nSPS) is 19.7. The highest BCUT2D eigenvalue weighted by Gasteiger charge is 2.43. The van der Waals surface area contributed by atoms with Crippen LogP contribution in [0.3, 0.4) is 0 Å². The van der Waals surface area contributed by atoms with Crippen molar-refractivity contribution in [3.05, 3.63) is 0 Å². The van der Waals surface area contributed by atoms with Crippen LogP contribution in [-0.4, -0.2) is 31.2 Å². The minimum atomic E-state index is -0.455. The average Bonchev–Trinajstić information content (AvgIpc) is 2.14. The Bertz CT molecular complexity index is 224. The first-order valence-corrected chi connectivity index (χ1v) is 5.59.